The molecule has 0 unspecified atom stereocenters. The van der Waals surface area contributed by atoms with Crippen LogP contribution in [-0.2, 0) is 0 Å². The van der Waals surface area contributed by atoms with Gasteiger partial charge in [-0.25, -0.2) is 0 Å². The topological polar surface area (TPSA) is 87.5 Å². The fourth-order valence-electron chi connectivity index (χ4n) is 2.68. The van der Waals surface area contributed by atoms with Crippen LogP contribution in [0.4, 0.5) is 5.69 Å². The molecule has 7 nitrogen and oxygen atoms in total. The van der Waals surface area contributed by atoms with E-state index in [-0.39, 0.29) is 11.8 Å². The lowest BCUT2D eigenvalue weighted by molar-refractivity contribution is 0.0948. The predicted octanol–water partition coefficient (Wildman–Crippen LogP) is 2.62. The number of nitrogens with zero attached hydrogens (tertiary/aromatic N) is 2. The second-order valence-corrected chi connectivity index (χ2v) is 6.01. The first kappa shape index (κ1) is 19.7. The number of carbonyl (C=O) groups excluding carboxylic acids is 2. The van der Waals surface area contributed by atoms with Crippen LogP contribution in [0.2, 0.25) is 0 Å². The zero-order valence-corrected chi connectivity index (χ0v) is 15.8. The molecule has 0 aliphatic carbocycles. The van der Waals surface area contributed by atoms with Crippen molar-refractivity contribution in [1.82, 2.24) is 15.4 Å². The number of aryl methyl sites for hydroxylation is 2. The summed E-state index contributed by atoms with van der Waals surface area (Å²) in [5.41, 5.74) is 2.14. The van der Waals surface area contributed by atoms with E-state index in [4.69, 9.17) is 4.52 Å². The highest BCUT2D eigenvalue weighted by Gasteiger charge is 2.17. The molecule has 1 aromatic carbocycles. The normalized spacial score (nSPS) is 10.8. The summed E-state index contributed by atoms with van der Waals surface area (Å²) in [6, 6.07) is 6.79. The summed E-state index contributed by atoms with van der Waals surface area (Å²) in [6.45, 7) is 11.0. The molecule has 0 aliphatic rings. The van der Waals surface area contributed by atoms with Gasteiger partial charge in [0.05, 0.1) is 5.69 Å². The van der Waals surface area contributed by atoms with E-state index in [0.717, 1.165) is 19.6 Å². The van der Waals surface area contributed by atoms with Crippen molar-refractivity contribution in [1.29, 1.82) is 0 Å². The Morgan fingerprint density at radius 2 is 1.73 bits per heavy atom. The van der Waals surface area contributed by atoms with Crippen LogP contribution in [0.5, 0.6) is 0 Å². The van der Waals surface area contributed by atoms with Gasteiger partial charge in [-0.15, -0.1) is 0 Å². The molecule has 0 saturated heterocycles. The number of likely N-dealkylation sites (N-methyl/N-ethyl adjacent to an activating group) is 1. The molecule has 0 spiro atoms. The second-order valence-electron chi connectivity index (χ2n) is 6.01. The number of hydrogen-bond donors (Lipinski definition) is 2. The van der Waals surface area contributed by atoms with Crippen molar-refractivity contribution >= 4 is 17.5 Å². The average Bonchev–Trinajstić information content (AvgIpc) is 2.97. The van der Waals surface area contributed by atoms with Gasteiger partial charge in [0.15, 0.2) is 0 Å². The summed E-state index contributed by atoms with van der Waals surface area (Å²) in [4.78, 5) is 26.7. The van der Waals surface area contributed by atoms with Crippen molar-refractivity contribution in [2.24, 2.45) is 0 Å². The molecule has 0 radical (unpaired) electrons. The Bertz CT molecular complexity index is 729. The number of amides is 2. The monoisotopic (exact) mass is 358 g/mol. The Morgan fingerprint density at radius 3 is 2.27 bits per heavy atom. The summed E-state index contributed by atoms with van der Waals surface area (Å²) in [7, 11) is 0. The van der Waals surface area contributed by atoms with Gasteiger partial charge in [0, 0.05) is 24.3 Å². The number of anilines is 1. The smallest absolute Gasteiger partial charge is 0.261 e. The van der Waals surface area contributed by atoms with Gasteiger partial charge < -0.3 is 20.1 Å². The molecular weight excluding hydrogens is 332 g/mol. The zero-order valence-electron chi connectivity index (χ0n) is 15.8. The number of rotatable bonds is 8. The molecule has 0 saturated carbocycles. The van der Waals surface area contributed by atoms with Crippen LogP contribution < -0.4 is 10.6 Å². The predicted molar refractivity (Wildman–Crippen MR) is 100 cm³/mol. The van der Waals surface area contributed by atoms with Crippen LogP contribution in [0.1, 0.15) is 46.0 Å². The zero-order chi connectivity index (χ0) is 19.1. The van der Waals surface area contributed by atoms with Gasteiger partial charge in [-0.3, -0.25) is 9.59 Å². The summed E-state index contributed by atoms with van der Waals surface area (Å²) in [6.07, 6.45) is 0. The maximum atomic E-state index is 12.3. The van der Waals surface area contributed by atoms with E-state index in [2.05, 4.69) is 34.5 Å². The summed E-state index contributed by atoms with van der Waals surface area (Å²) < 4.78 is 5.01. The fourth-order valence-corrected chi connectivity index (χ4v) is 2.68. The maximum absolute atomic E-state index is 12.3. The quantitative estimate of drug-likeness (QED) is 0.757. The molecule has 1 aromatic heterocycles. The molecule has 2 aromatic rings. The van der Waals surface area contributed by atoms with E-state index in [0.29, 0.717) is 34.8 Å². The molecular formula is C19H26N4O3. The lowest BCUT2D eigenvalue weighted by Gasteiger charge is -2.17. The van der Waals surface area contributed by atoms with E-state index in [1.54, 1.807) is 38.1 Å². The van der Waals surface area contributed by atoms with Crippen molar-refractivity contribution in [3.05, 3.63) is 46.8 Å². The van der Waals surface area contributed by atoms with E-state index in [1.165, 1.54) is 0 Å². The van der Waals surface area contributed by atoms with Gasteiger partial charge in [0.2, 0.25) is 0 Å². The highest BCUT2D eigenvalue weighted by molar-refractivity contribution is 6.05. The second kappa shape index (κ2) is 9.15. The van der Waals surface area contributed by atoms with Gasteiger partial charge >= 0.3 is 0 Å². The number of aromatic nitrogens is 1. The van der Waals surface area contributed by atoms with Gasteiger partial charge in [-0.1, -0.05) is 19.0 Å². The van der Waals surface area contributed by atoms with Crippen molar-refractivity contribution < 1.29 is 14.1 Å². The maximum Gasteiger partial charge on any atom is 0.261 e. The molecule has 140 valence electrons. The lowest BCUT2D eigenvalue weighted by atomic mass is 10.1. The minimum atomic E-state index is -0.280. The third kappa shape index (κ3) is 4.92. The van der Waals surface area contributed by atoms with Crippen LogP contribution >= 0.6 is 0 Å². The molecule has 1 heterocycles. The van der Waals surface area contributed by atoms with Crippen molar-refractivity contribution in [2.75, 3.05) is 31.5 Å². The van der Waals surface area contributed by atoms with Crippen LogP contribution in [0.25, 0.3) is 0 Å². The molecule has 0 atom stereocenters. The first-order valence-electron chi connectivity index (χ1n) is 8.81. The van der Waals surface area contributed by atoms with Gasteiger partial charge in [0.1, 0.15) is 11.3 Å². The average molecular weight is 358 g/mol. The van der Waals surface area contributed by atoms with E-state index >= 15 is 0 Å². The number of benzene rings is 1. The first-order chi connectivity index (χ1) is 12.5. The van der Waals surface area contributed by atoms with Crippen molar-refractivity contribution in [3.63, 3.8) is 0 Å². The fraction of sp³-hybridized carbons (Fsp3) is 0.421. The highest BCUT2D eigenvalue weighted by atomic mass is 16.5. The van der Waals surface area contributed by atoms with E-state index in [1.807, 2.05) is 0 Å². The Hall–Kier alpha value is -2.67. The molecule has 2 amide bonds. The summed E-state index contributed by atoms with van der Waals surface area (Å²) in [5, 5.41) is 9.47. The summed E-state index contributed by atoms with van der Waals surface area (Å²) in [5.74, 6) is 0.0719. The SMILES string of the molecule is CCN(CC)CCNC(=O)c1ccc(NC(=O)c2c(C)noc2C)cc1. The minimum Gasteiger partial charge on any atom is -0.361 e. The van der Waals surface area contributed by atoms with E-state index < -0.39 is 0 Å². The van der Waals surface area contributed by atoms with Crippen LogP contribution in [0, 0.1) is 13.8 Å². The molecule has 0 bridgehead atoms. The third-order valence-corrected chi connectivity index (χ3v) is 4.27. The Morgan fingerprint density at radius 1 is 1.08 bits per heavy atom. The molecule has 2 N–H and O–H groups in total. The van der Waals surface area contributed by atoms with Crippen molar-refractivity contribution in [3.8, 4) is 0 Å². The number of carbonyl (C=O) groups is 2. The van der Waals surface area contributed by atoms with Crippen LogP contribution in [0.15, 0.2) is 28.8 Å². The largest absolute Gasteiger partial charge is 0.361 e. The van der Waals surface area contributed by atoms with Crippen LogP contribution in [-0.4, -0.2) is 48.0 Å². The molecule has 26 heavy (non-hydrogen) atoms. The van der Waals surface area contributed by atoms with E-state index in [9.17, 15) is 9.59 Å². The minimum absolute atomic E-state index is 0.124. The van der Waals surface area contributed by atoms with Crippen LogP contribution in [0.3, 0.4) is 0 Å². The van der Waals surface area contributed by atoms with Crippen molar-refractivity contribution in [2.45, 2.75) is 27.7 Å². The van der Waals surface area contributed by atoms with Gasteiger partial charge in [-0.2, -0.15) is 0 Å². The number of nitrogens with one attached hydrogen (secondary N) is 2. The molecule has 0 aliphatic heterocycles. The Labute approximate surface area is 153 Å². The molecule has 0 fully saturated rings. The van der Waals surface area contributed by atoms with Gasteiger partial charge in [0.25, 0.3) is 11.8 Å². The van der Waals surface area contributed by atoms with Gasteiger partial charge in [-0.05, 0) is 51.2 Å². The number of hydrogen-bond acceptors (Lipinski definition) is 5. The highest BCUT2D eigenvalue weighted by Crippen LogP contribution is 2.16. The molecule has 2 rings (SSSR count). The lowest BCUT2D eigenvalue weighted by Crippen LogP contribution is -2.34. The molecule has 7 heteroatoms. The third-order valence-electron chi connectivity index (χ3n) is 4.27. The summed E-state index contributed by atoms with van der Waals surface area (Å²) >= 11 is 0. The Kier molecular flexibility index (Phi) is 6.91. The Balaban J connectivity index is 1.91. The standard InChI is InChI=1S/C19H26N4O3/c1-5-23(6-2)12-11-20-18(24)15-7-9-16(10-8-15)21-19(25)17-13(3)22-26-14(17)4/h7-10H,5-6,11-12H2,1-4H3,(H,20,24)(H,21,25). The first-order valence-corrected chi connectivity index (χ1v) is 8.81.